The smallest absolute Gasteiger partial charge is 0.228 e. The molecule has 0 bridgehead atoms. The summed E-state index contributed by atoms with van der Waals surface area (Å²) in [4.78, 5) is 8.51. The van der Waals surface area contributed by atoms with Crippen LogP contribution in [0.3, 0.4) is 0 Å². The Bertz CT molecular complexity index is 497. The van der Waals surface area contributed by atoms with Crippen molar-refractivity contribution in [2.75, 3.05) is 0 Å². The standard InChI is InChI=1S/C12H15BrN4O/c1-2-3-9(14)6-11-16-12(17-18-11)10-5-4-8(13)7-15-10/h4-5,7,9H,2-3,6,14H2,1H3. The van der Waals surface area contributed by atoms with Crippen LogP contribution in [0.25, 0.3) is 11.5 Å². The summed E-state index contributed by atoms with van der Waals surface area (Å²) < 4.78 is 6.09. The summed E-state index contributed by atoms with van der Waals surface area (Å²) in [6.45, 7) is 2.10. The predicted octanol–water partition coefficient (Wildman–Crippen LogP) is 2.56. The fraction of sp³-hybridized carbons (Fsp3) is 0.417. The highest BCUT2D eigenvalue weighted by Crippen LogP contribution is 2.16. The van der Waals surface area contributed by atoms with Crippen LogP contribution < -0.4 is 5.73 Å². The van der Waals surface area contributed by atoms with Gasteiger partial charge in [0, 0.05) is 23.1 Å². The lowest BCUT2D eigenvalue weighted by Crippen LogP contribution is -2.22. The lowest BCUT2D eigenvalue weighted by Gasteiger charge is -2.05. The Morgan fingerprint density at radius 3 is 2.94 bits per heavy atom. The van der Waals surface area contributed by atoms with Gasteiger partial charge in [-0.1, -0.05) is 18.5 Å². The van der Waals surface area contributed by atoms with Gasteiger partial charge in [-0.25, -0.2) is 0 Å². The third-order valence-electron chi connectivity index (χ3n) is 2.52. The third-order valence-corrected chi connectivity index (χ3v) is 2.99. The molecule has 0 fully saturated rings. The highest BCUT2D eigenvalue weighted by Gasteiger charge is 2.12. The van der Waals surface area contributed by atoms with E-state index in [2.05, 4.69) is 38.0 Å². The minimum absolute atomic E-state index is 0.0705. The molecular weight excluding hydrogens is 296 g/mol. The van der Waals surface area contributed by atoms with Gasteiger partial charge in [0.05, 0.1) is 0 Å². The van der Waals surface area contributed by atoms with Gasteiger partial charge in [0.2, 0.25) is 11.7 Å². The molecule has 0 saturated carbocycles. The molecule has 2 N–H and O–H groups in total. The largest absolute Gasteiger partial charge is 0.339 e. The van der Waals surface area contributed by atoms with E-state index in [1.165, 1.54) is 0 Å². The van der Waals surface area contributed by atoms with Crippen molar-refractivity contribution in [1.82, 2.24) is 15.1 Å². The molecular formula is C12H15BrN4O. The summed E-state index contributed by atoms with van der Waals surface area (Å²) in [6, 6.07) is 3.80. The number of rotatable bonds is 5. The number of halogens is 1. The van der Waals surface area contributed by atoms with E-state index in [9.17, 15) is 0 Å². The average molecular weight is 311 g/mol. The van der Waals surface area contributed by atoms with E-state index in [0.29, 0.717) is 23.8 Å². The van der Waals surface area contributed by atoms with Crippen LogP contribution in [-0.2, 0) is 6.42 Å². The van der Waals surface area contributed by atoms with Crippen LogP contribution in [0.4, 0.5) is 0 Å². The van der Waals surface area contributed by atoms with Gasteiger partial charge in [0.15, 0.2) is 0 Å². The minimum atomic E-state index is 0.0705. The van der Waals surface area contributed by atoms with Gasteiger partial charge in [-0.2, -0.15) is 4.98 Å². The van der Waals surface area contributed by atoms with E-state index in [4.69, 9.17) is 10.3 Å². The Hall–Kier alpha value is -1.27. The molecule has 2 rings (SSSR count). The first kappa shape index (κ1) is 13.2. The van der Waals surface area contributed by atoms with Crippen molar-refractivity contribution in [3.05, 3.63) is 28.7 Å². The summed E-state index contributed by atoms with van der Waals surface area (Å²) >= 11 is 3.33. The molecule has 0 aliphatic carbocycles. The lowest BCUT2D eigenvalue weighted by molar-refractivity contribution is 0.366. The third kappa shape index (κ3) is 3.36. The maximum absolute atomic E-state index is 5.93. The van der Waals surface area contributed by atoms with Crippen LogP contribution in [-0.4, -0.2) is 21.2 Å². The molecule has 5 nitrogen and oxygen atoms in total. The molecule has 2 heterocycles. The Balaban J connectivity index is 2.08. The van der Waals surface area contributed by atoms with Gasteiger partial charge in [0.25, 0.3) is 0 Å². The Morgan fingerprint density at radius 2 is 2.28 bits per heavy atom. The first-order chi connectivity index (χ1) is 8.69. The molecule has 0 aliphatic heterocycles. The average Bonchev–Trinajstić information content (AvgIpc) is 2.78. The van der Waals surface area contributed by atoms with Crippen molar-refractivity contribution in [2.45, 2.75) is 32.2 Å². The van der Waals surface area contributed by atoms with Crippen LogP contribution in [0.15, 0.2) is 27.3 Å². The zero-order chi connectivity index (χ0) is 13.0. The van der Waals surface area contributed by atoms with E-state index in [1.54, 1.807) is 6.20 Å². The second-order valence-corrected chi connectivity index (χ2v) is 5.04. The van der Waals surface area contributed by atoms with E-state index in [0.717, 1.165) is 17.3 Å². The molecule has 0 spiro atoms. The summed E-state index contributed by atoms with van der Waals surface area (Å²) in [6.07, 6.45) is 4.32. The predicted molar refractivity (Wildman–Crippen MR) is 71.8 cm³/mol. The van der Waals surface area contributed by atoms with Crippen LogP contribution in [0.5, 0.6) is 0 Å². The zero-order valence-electron chi connectivity index (χ0n) is 10.1. The van der Waals surface area contributed by atoms with Gasteiger partial charge in [-0.15, -0.1) is 0 Å². The van der Waals surface area contributed by atoms with Crippen molar-refractivity contribution in [1.29, 1.82) is 0 Å². The van der Waals surface area contributed by atoms with Crippen molar-refractivity contribution < 1.29 is 4.52 Å². The van der Waals surface area contributed by atoms with Crippen molar-refractivity contribution in [3.63, 3.8) is 0 Å². The van der Waals surface area contributed by atoms with E-state index in [1.807, 2.05) is 12.1 Å². The molecule has 0 aromatic carbocycles. The second-order valence-electron chi connectivity index (χ2n) is 4.13. The van der Waals surface area contributed by atoms with Gasteiger partial charge < -0.3 is 10.3 Å². The first-order valence-corrected chi connectivity index (χ1v) is 6.68. The number of nitrogens with zero attached hydrogens (tertiary/aromatic N) is 3. The molecule has 18 heavy (non-hydrogen) atoms. The summed E-state index contributed by atoms with van der Waals surface area (Å²) in [5.41, 5.74) is 6.63. The molecule has 2 aromatic rings. The van der Waals surface area contributed by atoms with Crippen LogP contribution in [0.2, 0.25) is 0 Å². The monoisotopic (exact) mass is 310 g/mol. The van der Waals surface area contributed by atoms with Crippen molar-refractivity contribution >= 4 is 15.9 Å². The Labute approximate surface area is 114 Å². The van der Waals surface area contributed by atoms with Crippen LogP contribution in [0, 0.1) is 0 Å². The van der Waals surface area contributed by atoms with Crippen LogP contribution in [0.1, 0.15) is 25.7 Å². The summed E-state index contributed by atoms with van der Waals surface area (Å²) in [5, 5.41) is 3.91. The summed E-state index contributed by atoms with van der Waals surface area (Å²) in [7, 11) is 0. The topological polar surface area (TPSA) is 77.8 Å². The number of nitrogens with two attached hydrogens (primary N) is 1. The van der Waals surface area contributed by atoms with Gasteiger partial charge >= 0.3 is 0 Å². The number of aromatic nitrogens is 3. The van der Waals surface area contributed by atoms with Crippen molar-refractivity contribution in [3.8, 4) is 11.5 Å². The number of pyridine rings is 1. The first-order valence-electron chi connectivity index (χ1n) is 5.89. The highest BCUT2D eigenvalue weighted by molar-refractivity contribution is 9.10. The molecule has 96 valence electrons. The number of hydrogen-bond acceptors (Lipinski definition) is 5. The molecule has 6 heteroatoms. The summed E-state index contributed by atoms with van der Waals surface area (Å²) in [5.74, 6) is 1.07. The maximum Gasteiger partial charge on any atom is 0.228 e. The number of hydrogen-bond donors (Lipinski definition) is 1. The Kier molecular flexibility index (Phi) is 4.43. The zero-order valence-corrected chi connectivity index (χ0v) is 11.7. The maximum atomic E-state index is 5.93. The molecule has 0 aliphatic rings. The second kappa shape index (κ2) is 6.06. The fourth-order valence-electron chi connectivity index (χ4n) is 1.65. The normalized spacial score (nSPS) is 12.6. The molecule has 0 amide bonds. The van der Waals surface area contributed by atoms with Gasteiger partial charge in [0.1, 0.15) is 5.69 Å². The van der Waals surface area contributed by atoms with Crippen LogP contribution >= 0.6 is 15.9 Å². The minimum Gasteiger partial charge on any atom is -0.339 e. The quantitative estimate of drug-likeness (QED) is 0.918. The van der Waals surface area contributed by atoms with E-state index in [-0.39, 0.29) is 6.04 Å². The van der Waals surface area contributed by atoms with Gasteiger partial charge in [-0.3, -0.25) is 4.98 Å². The molecule has 0 saturated heterocycles. The Morgan fingerprint density at radius 1 is 1.44 bits per heavy atom. The van der Waals surface area contributed by atoms with E-state index < -0.39 is 0 Å². The van der Waals surface area contributed by atoms with Gasteiger partial charge in [-0.05, 0) is 34.5 Å². The fourth-order valence-corrected chi connectivity index (χ4v) is 1.88. The highest BCUT2D eigenvalue weighted by atomic mass is 79.9. The lowest BCUT2D eigenvalue weighted by atomic mass is 10.1. The molecule has 1 atom stereocenters. The molecule has 1 unspecified atom stereocenters. The van der Waals surface area contributed by atoms with Crippen molar-refractivity contribution in [2.24, 2.45) is 5.73 Å². The molecule has 0 radical (unpaired) electrons. The molecule has 2 aromatic heterocycles. The SMILES string of the molecule is CCCC(N)Cc1nc(-c2ccc(Br)cn2)no1. The van der Waals surface area contributed by atoms with E-state index >= 15 is 0 Å².